The van der Waals surface area contributed by atoms with Crippen molar-refractivity contribution in [1.29, 1.82) is 0 Å². The smallest absolute Gasteiger partial charge is 0.162 e. The molecule has 1 aliphatic heterocycles. The number of aliphatic hydroxyl groups excluding tert-OH is 2. The Balaban J connectivity index is 1.42. The monoisotopic (exact) mass is 502 g/mol. The van der Waals surface area contributed by atoms with Crippen LogP contribution in [0.25, 0.3) is 0 Å². The summed E-state index contributed by atoms with van der Waals surface area (Å²) in [5.74, 6) is 0.252. The fourth-order valence-electron chi connectivity index (χ4n) is 10.4. The second-order valence-electron chi connectivity index (χ2n) is 14.3. The maximum Gasteiger partial charge on any atom is 0.162 e. The van der Waals surface area contributed by atoms with Gasteiger partial charge in [0, 0.05) is 17.9 Å². The topological polar surface area (TPSA) is 107 Å². The fourth-order valence-corrected chi connectivity index (χ4v) is 10.4. The van der Waals surface area contributed by atoms with Gasteiger partial charge in [-0.3, -0.25) is 4.79 Å². The van der Waals surface area contributed by atoms with Gasteiger partial charge in [-0.25, -0.2) is 0 Å². The molecule has 0 aromatic carbocycles. The predicted octanol–water partition coefficient (Wildman–Crippen LogP) is 3.39. The number of carbonyl (C=O) groups excluding carboxylic acids is 1. The molecule has 0 radical (unpaired) electrons. The van der Waals surface area contributed by atoms with E-state index in [4.69, 9.17) is 4.74 Å². The van der Waals surface area contributed by atoms with Crippen LogP contribution in [0.2, 0.25) is 0 Å². The average molecular weight is 503 g/mol. The lowest BCUT2D eigenvalue weighted by atomic mass is 9.42. The van der Waals surface area contributed by atoms with Crippen molar-refractivity contribution in [2.45, 2.75) is 115 Å². The van der Waals surface area contributed by atoms with Gasteiger partial charge in [-0.1, -0.05) is 27.7 Å². The number of hydrogen-bond donors (Lipinski definition) is 4. The minimum absolute atomic E-state index is 0.0318. The molecule has 5 aliphatic carbocycles. The van der Waals surface area contributed by atoms with E-state index in [9.17, 15) is 25.2 Å². The van der Waals surface area contributed by atoms with Gasteiger partial charge < -0.3 is 25.2 Å². The fraction of sp³-hybridized carbons (Fsp3) is 0.900. The van der Waals surface area contributed by atoms with Crippen LogP contribution < -0.4 is 0 Å². The Morgan fingerprint density at radius 2 is 1.81 bits per heavy atom. The summed E-state index contributed by atoms with van der Waals surface area (Å²) in [5.41, 5.74) is -1.64. The summed E-state index contributed by atoms with van der Waals surface area (Å²) in [6, 6.07) is 0. The number of ketones is 1. The lowest BCUT2D eigenvalue weighted by Gasteiger charge is -2.63. The third kappa shape index (κ3) is 2.94. The molecule has 0 aromatic rings. The quantitative estimate of drug-likeness (QED) is 0.471. The molecule has 6 nitrogen and oxygen atoms in total. The van der Waals surface area contributed by atoms with Crippen molar-refractivity contribution in [3.63, 3.8) is 0 Å². The van der Waals surface area contributed by atoms with E-state index in [2.05, 4.69) is 27.7 Å². The van der Waals surface area contributed by atoms with E-state index in [1.54, 1.807) is 6.92 Å². The number of allylic oxidation sites excluding steroid dienone is 1. The van der Waals surface area contributed by atoms with Crippen molar-refractivity contribution in [3.05, 3.63) is 11.1 Å². The Morgan fingerprint density at radius 3 is 2.47 bits per heavy atom. The van der Waals surface area contributed by atoms with Crippen LogP contribution in [0.5, 0.6) is 0 Å². The molecule has 6 aliphatic rings. The second kappa shape index (κ2) is 7.88. The SMILES string of the molecule is C[C@H]1[C@@H]([C@@H](O)[C@@](C)(O)[C@H]2C[C@@H]3CCC4=C5[C@H](CC[C@@]2(C)[C@]53O)[C@@]2(C)CC[C@H](O)C[C@H]2C4=O)OC[C@@H]1C. The number of rotatable bonds is 3. The van der Waals surface area contributed by atoms with Gasteiger partial charge in [-0.05, 0) is 104 Å². The highest BCUT2D eigenvalue weighted by molar-refractivity contribution is 6.00. The highest BCUT2D eigenvalue weighted by Gasteiger charge is 2.74. The van der Waals surface area contributed by atoms with E-state index in [0.717, 1.165) is 36.8 Å². The van der Waals surface area contributed by atoms with E-state index < -0.39 is 34.9 Å². The van der Waals surface area contributed by atoms with Crippen molar-refractivity contribution < 1.29 is 30.0 Å². The van der Waals surface area contributed by atoms with E-state index in [0.29, 0.717) is 38.2 Å². The Morgan fingerprint density at radius 1 is 1.08 bits per heavy atom. The molecule has 6 heteroatoms. The third-order valence-corrected chi connectivity index (χ3v) is 12.8. The van der Waals surface area contributed by atoms with Crippen LogP contribution in [-0.2, 0) is 9.53 Å². The van der Waals surface area contributed by atoms with Crippen molar-refractivity contribution >= 4 is 5.78 Å². The highest BCUT2D eigenvalue weighted by atomic mass is 16.5. The number of Topliss-reactive ketones (excluding diaryl/α,β-unsaturated/α-hetero) is 1. The molecule has 0 unspecified atom stereocenters. The maximum absolute atomic E-state index is 13.9. The van der Waals surface area contributed by atoms with Gasteiger partial charge in [0.1, 0.15) is 6.10 Å². The Kier molecular flexibility index (Phi) is 5.58. The molecule has 3 saturated carbocycles. The summed E-state index contributed by atoms with van der Waals surface area (Å²) in [5, 5.41) is 46.8. The van der Waals surface area contributed by atoms with E-state index in [1.165, 1.54) is 0 Å². The number of fused-ring (bicyclic) bond motifs is 2. The summed E-state index contributed by atoms with van der Waals surface area (Å²) >= 11 is 0. The zero-order valence-electron chi connectivity index (χ0n) is 22.7. The molecule has 0 amide bonds. The largest absolute Gasteiger partial charge is 0.393 e. The number of ether oxygens (including phenoxy) is 1. The van der Waals surface area contributed by atoms with Gasteiger partial charge in [0.25, 0.3) is 0 Å². The molecule has 1 heterocycles. The first-order valence-corrected chi connectivity index (χ1v) is 14.5. The van der Waals surface area contributed by atoms with Gasteiger partial charge >= 0.3 is 0 Å². The molecular formula is C30H46O6. The van der Waals surface area contributed by atoms with Crippen LogP contribution in [0.4, 0.5) is 0 Å². The molecule has 6 rings (SSSR count). The normalized spacial score (nSPS) is 54.6. The number of aliphatic hydroxyl groups is 4. The molecule has 4 fully saturated rings. The van der Waals surface area contributed by atoms with E-state index >= 15 is 0 Å². The van der Waals surface area contributed by atoms with Crippen LogP contribution in [-0.4, -0.2) is 62.3 Å². The number of hydrogen-bond acceptors (Lipinski definition) is 6. The summed E-state index contributed by atoms with van der Waals surface area (Å²) in [6.07, 6.45) is 3.83. The van der Waals surface area contributed by atoms with Crippen molar-refractivity contribution in [3.8, 4) is 0 Å². The van der Waals surface area contributed by atoms with Crippen LogP contribution in [0, 0.1) is 46.3 Å². The molecule has 36 heavy (non-hydrogen) atoms. The summed E-state index contributed by atoms with van der Waals surface area (Å²) < 4.78 is 5.97. The van der Waals surface area contributed by atoms with Gasteiger partial charge in [0.2, 0.25) is 0 Å². The maximum atomic E-state index is 13.9. The van der Waals surface area contributed by atoms with Crippen LogP contribution in [0.15, 0.2) is 11.1 Å². The lowest BCUT2D eigenvalue weighted by molar-refractivity contribution is -0.196. The van der Waals surface area contributed by atoms with Crippen molar-refractivity contribution in [2.75, 3.05) is 6.61 Å². The minimum atomic E-state index is -1.42. The zero-order chi connectivity index (χ0) is 26.0. The van der Waals surface area contributed by atoms with Crippen molar-refractivity contribution in [2.24, 2.45) is 46.3 Å². The molecule has 202 valence electrons. The van der Waals surface area contributed by atoms with Gasteiger partial charge in [0.15, 0.2) is 5.78 Å². The first kappa shape index (κ1) is 25.5. The molecule has 0 aromatic heterocycles. The first-order valence-electron chi connectivity index (χ1n) is 14.5. The molecule has 0 bridgehead atoms. The Labute approximate surface area is 215 Å². The zero-order valence-corrected chi connectivity index (χ0v) is 22.7. The van der Waals surface area contributed by atoms with Crippen LogP contribution >= 0.6 is 0 Å². The lowest BCUT2D eigenvalue weighted by Crippen LogP contribution is -2.65. The standard InChI is InChI=1S/C30H46O6/c1-15-14-36-25(16(15)2)26(33)29(5,34)22-12-17-6-7-19-23-20(9-11-28(22,4)30(17,23)35)27(3)10-8-18(31)13-21(27)24(19)32/h15-18,20-22,25-26,31,33-35H,6-14H2,1-5H3/t15-,16+,17-,18-,20-,21-,22-,25-,26+,27+,28+,29-,30+/m0/s1. The first-order chi connectivity index (χ1) is 16.8. The Hall–Kier alpha value is -0.790. The third-order valence-electron chi connectivity index (χ3n) is 12.8. The second-order valence-corrected chi connectivity index (χ2v) is 14.3. The summed E-state index contributed by atoms with van der Waals surface area (Å²) in [6.45, 7) is 10.9. The predicted molar refractivity (Wildman–Crippen MR) is 135 cm³/mol. The average Bonchev–Trinajstić information content (AvgIpc) is 3.28. The van der Waals surface area contributed by atoms with Crippen LogP contribution in [0.3, 0.4) is 0 Å². The summed E-state index contributed by atoms with van der Waals surface area (Å²) in [4.78, 5) is 13.9. The number of carbonyl (C=O) groups is 1. The van der Waals surface area contributed by atoms with Gasteiger partial charge in [0.05, 0.1) is 23.4 Å². The highest BCUT2D eigenvalue weighted by Crippen LogP contribution is 2.73. The molecule has 13 atom stereocenters. The van der Waals surface area contributed by atoms with E-state index in [1.807, 2.05) is 0 Å². The van der Waals surface area contributed by atoms with Gasteiger partial charge in [-0.15, -0.1) is 0 Å². The molecule has 4 N–H and O–H groups in total. The van der Waals surface area contributed by atoms with Crippen molar-refractivity contribution in [1.82, 2.24) is 0 Å². The molecule has 1 saturated heterocycles. The summed E-state index contributed by atoms with van der Waals surface area (Å²) in [7, 11) is 0. The van der Waals surface area contributed by atoms with Gasteiger partial charge in [-0.2, -0.15) is 0 Å². The molecular weight excluding hydrogens is 456 g/mol. The van der Waals surface area contributed by atoms with Crippen LogP contribution in [0.1, 0.15) is 86.0 Å². The minimum Gasteiger partial charge on any atom is -0.393 e. The van der Waals surface area contributed by atoms with E-state index in [-0.39, 0.29) is 40.8 Å². The molecule has 0 spiro atoms. The Bertz CT molecular complexity index is 988.